The largest absolute Gasteiger partial charge is 0.469 e. The van der Waals surface area contributed by atoms with Gasteiger partial charge in [-0.1, -0.05) is 18.2 Å². The second-order valence-electron chi connectivity index (χ2n) is 4.49. The molecule has 0 aromatic heterocycles. The molecular weight excluding hydrogens is 246 g/mol. The van der Waals surface area contributed by atoms with Gasteiger partial charge in [0.1, 0.15) is 5.75 Å². The highest BCUT2D eigenvalue weighted by Gasteiger charge is 2.29. The molecule has 0 aliphatic carbocycles. The summed E-state index contributed by atoms with van der Waals surface area (Å²) in [6, 6.07) is 8.90. The number of benzene rings is 1. The van der Waals surface area contributed by atoms with Gasteiger partial charge in [0.2, 0.25) is 0 Å². The molecule has 5 nitrogen and oxygen atoms in total. The predicted octanol–water partition coefficient (Wildman–Crippen LogP) is 2.07. The molecule has 0 saturated carbocycles. The number of carbonyl (C=O) groups excluding carboxylic acids is 2. The Morgan fingerprint density at radius 2 is 2.00 bits per heavy atom. The molecule has 1 atom stereocenters. The monoisotopic (exact) mass is 263 g/mol. The van der Waals surface area contributed by atoms with Crippen LogP contribution in [0.5, 0.6) is 5.75 Å². The number of carbonyl (C=O) groups is 2. The number of ether oxygens (including phenoxy) is 2. The third-order valence-corrected chi connectivity index (χ3v) is 3.16. The first-order valence-corrected chi connectivity index (χ1v) is 6.30. The fraction of sp³-hybridized carbons (Fsp3) is 0.429. The third kappa shape index (κ3) is 3.47. The highest BCUT2D eigenvalue weighted by molar-refractivity contribution is 5.75. The molecule has 0 spiro atoms. The van der Waals surface area contributed by atoms with E-state index in [1.54, 1.807) is 29.2 Å². The fourth-order valence-corrected chi connectivity index (χ4v) is 2.16. The number of para-hydroxylation sites is 1. The number of hydrogen-bond donors (Lipinski definition) is 0. The van der Waals surface area contributed by atoms with Gasteiger partial charge in [-0.25, -0.2) is 4.79 Å². The summed E-state index contributed by atoms with van der Waals surface area (Å²) in [6.45, 7) is 0.970. The molecule has 1 amide bonds. The van der Waals surface area contributed by atoms with Crippen molar-refractivity contribution in [2.75, 3.05) is 20.2 Å². The maximum Gasteiger partial charge on any atom is 0.415 e. The molecule has 5 heteroatoms. The number of amides is 1. The van der Waals surface area contributed by atoms with Gasteiger partial charge in [-0.2, -0.15) is 0 Å². The molecule has 0 radical (unpaired) electrons. The van der Waals surface area contributed by atoms with E-state index in [1.807, 2.05) is 6.07 Å². The first-order valence-electron chi connectivity index (χ1n) is 6.30. The molecule has 1 unspecified atom stereocenters. The van der Waals surface area contributed by atoms with Crippen molar-refractivity contribution in [1.82, 2.24) is 4.90 Å². The Morgan fingerprint density at radius 3 is 2.68 bits per heavy atom. The third-order valence-electron chi connectivity index (χ3n) is 3.16. The van der Waals surface area contributed by atoms with Gasteiger partial charge >= 0.3 is 12.1 Å². The minimum absolute atomic E-state index is 0.248. The lowest BCUT2D eigenvalue weighted by atomic mass is 9.99. The molecule has 1 aromatic rings. The van der Waals surface area contributed by atoms with Gasteiger partial charge in [0.15, 0.2) is 0 Å². The minimum Gasteiger partial charge on any atom is -0.469 e. The summed E-state index contributed by atoms with van der Waals surface area (Å²) in [5, 5.41) is 0. The summed E-state index contributed by atoms with van der Waals surface area (Å²) in [5.41, 5.74) is 0. The van der Waals surface area contributed by atoms with Crippen molar-refractivity contribution in [3.8, 4) is 5.75 Å². The van der Waals surface area contributed by atoms with Crippen LogP contribution in [0.1, 0.15) is 12.8 Å². The van der Waals surface area contributed by atoms with Gasteiger partial charge in [0.05, 0.1) is 13.0 Å². The van der Waals surface area contributed by atoms with Gasteiger partial charge in [-0.15, -0.1) is 0 Å². The van der Waals surface area contributed by atoms with E-state index in [4.69, 9.17) is 9.47 Å². The molecule has 102 valence electrons. The summed E-state index contributed by atoms with van der Waals surface area (Å²) in [6.07, 6.45) is 1.12. The van der Waals surface area contributed by atoms with Crippen LogP contribution in [0.2, 0.25) is 0 Å². The summed E-state index contributed by atoms with van der Waals surface area (Å²) in [7, 11) is 1.36. The van der Waals surface area contributed by atoms with Crippen LogP contribution in [0.15, 0.2) is 30.3 Å². The molecule has 1 saturated heterocycles. The number of piperidine rings is 1. The smallest absolute Gasteiger partial charge is 0.415 e. The summed E-state index contributed by atoms with van der Waals surface area (Å²) in [4.78, 5) is 25.0. The van der Waals surface area contributed by atoms with Gasteiger partial charge < -0.3 is 14.4 Å². The molecular formula is C14H17NO4. The Bertz CT molecular complexity index is 446. The van der Waals surface area contributed by atoms with Crippen LogP contribution < -0.4 is 4.74 Å². The van der Waals surface area contributed by atoms with Crippen LogP contribution in [0, 0.1) is 5.92 Å². The number of rotatable bonds is 2. The van der Waals surface area contributed by atoms with Crippen molar-refractivity contribution in [2.24, 2.45) is 5.92 Å². The van der Waals surface area contributed by atoms with Gasteiger partial charge in [0.25, 0.3) is 0 Å². The van der Waals surface area contributed by atoms with Crippen LogP contribution in [0.3, 0.4) is 0 Å². The fourth-order valence-electron chi connectivity index (χ4n) is 2.16. The molecule has 1 aromatic carbocycles. The quantitative estimate of drug-likeness (QED) is 0.766. The SMILES string of the molecule is COC(=O)C1CCCN(C(=O)Oc2ccccc2)C1. The molecule has 19 heavy (non-hydrogen) atoms. The minimum atomic E-state index is -0.417. The number of likely N-dealkylation sites (tertiary alicyclic amines) is 1. The predicted molar refractivity (Wildman–Crippen MR) is 68.8 cm³/mol. The molecule has 1 aliphatic rings. The lowest BCUT2D eigenvalue weighted by Gasteiger charge is -2.30. The van der Waals surface area contributed by atoms with E-state index >= 15 is 0 Å². The average Bonchev–Trinajstić information content (AvgIpc) is 2.47. The molecule has 0 N–H and O–H groups in total. The Hall–Kier alpha value is -2.04. The first-order chi connectivity index (χ1) is 9.20. The van der Waals surface area contributed by atoms with Crippen LogP contribution in [0.25, 0.3) is 0 Å². The second-order valence-corrected chi connectivity index (χ2v) is 4.49. The summed E-state index contributed by atoms with van der Waals surface area (Å²) >= 11 is 0. The zero-order chi connectivity index (χ0) is 13.7. The number of esters is 1. The molecule has 0 bridgehead atoms. The van der Waals surface area contributed by atoms with E-state index in [1.165, 1.54) is 7.11 Å². The van der Waals surface area contributed by atoms with Crippen LogP contribution in [-0.2, 0) is 9.53 Å². The first kappa shape index (κ1) is 13.4. The van der Waals surface area contributed by atoms with Crippen LogP contribution in [-0.4, -0.2) is 37.2 Å². The highest BCUT2D eigenvalue weighted by Crippen LogP contribution is 2.19. The lowest BCUT2D eigenvalue weighted by molar-refractivity contribution is -0.146. The van der Waals surface area contributed by atoms with Crippen molar-refractivity contribution < 1.29 is 19.1 Å². The number of hydrogen-bond acceptors (Lipinski definition) is 4. The summed E-state index contributed by atoms with van der Waals surface area (Å²) < 4.78 is 9.97. The van der Waals surface area contributed by atoms with Crippen LogP contribution >= 0.6 is 0 Å². The molecule has 2 rings (SSSR count). The van der Waals surface area contributed by atoms with Crippen molar-refractivity contribution in [2.45, 2.75) is 12.8 Å². The zero-order valence-corrected chi connectivity index (χ0v) is 10.9. The van der Waals surface area contributed by atoms with E-state index in [9.17, 15) is 9.59 Å². The average molecular weight is 263 g/mol. The Balaban J connectivity index is 1.94. The summed E-state index contributed by atoms with van der Waals surface area (Å²) in [5.74, 6) is -0.00743. The topological polar surface area (TPSA) is 55.8 Å². The number of methoxy groups -OCH3 is 1. The Morgan fingerprint density at radius 1 is 1.26 bits per heavy atom. The maximum atomic E-state index is 12.0. The molecule has 1 heterocycles. The lowest BCUT2D eigenvalue weighted by Crippen LogP contribution is -2.43. The van der Waals surface area contributed by atoms with Crippen molar-refractivity contribution in [3.05, 3.63) is 30.3 Å². The van der Waals surface area contributed by atoms with E-state index in [0.717, 1.165) is 12.8 Å². The number of nitrogens with zero attached hydrogens (tertiary/aromatic N) is 1. The maximum absolute atomic E-state index is 12.0. The van der Waals surface area contributed by atoms with Gasteiger partial charge in [0, 0.05) is 13.1 Å². The van der Waals surface area contributed by atoms with E-state index in [0.29, 0.717) is 18.8 Å². The van der Waals surface area contributed by atoms with E-state index < -0.39 is 6.09 Å². The Kier molecular flexibility index (Phi) is 4.39. The van der Waals surface area contributed by atoms with Crippen molar-refractivity contribution in [1.29, 1.82) is 0 Å². The second kappa shape index (κ2) is 6.22. The highest BCUT2D eigenvalue weighted by atomic mass is 16.6. The molecule has 1 aliphatic heterocycles. The van der Waals surface area contributed by atoms with E-state index in [2.05, 4.69) is 0 Å². The Labute approximate surface area is 112 Å². The van der Waals surface area contributed by atoms with Crippen molar-refractivity contribution >= 4 is 12.1 Å². The van der Waals surface area contributed by atoms with Gasteiger partial charge in [-0.05, 0) is 25.0 Å². The zero-order valence-electron chi connectivity index (χ0n) is 10.9. The molecule has 1 fully saturated rings. The van der Waals surface area contributed by atoms with Crippen molar-refractivity contribution in [3.63, 3.8) is 0 Å². The van der Waals surface area contributed by atoms with E-state index in [-0.39, 0.29) is 11.9 Å². The standard InChI is InChI=1S/C14H17NO4/c1-18-13(16)11-6-5-9-15(10-11)14(17)19-12-7-3-2-4-8-12/h2-4,7-8,11H,5-6,9-10H2,1H3. The van der Waals surface area contributed by atoms with Crippen LogP contribution in [0.4, 0.5) is 4.79 Å². The van der Waals surface area contributed by atoms with Gasteiger partial charge in [-0.3, -0.25) is 4.79 Å². The normalized spacial score (nSPS) is 18.8.